The first-order chi connectivity index (χ1) is 10.7. The van der Waals surface area contributed by atoms with Crippen LogP contribution in [0.15, 0.2) is 60.7 Å². The van der Waals surface area contributed by atoms with Crippen LogP contribution in [-0.2, 0) is 5.41 Å². The maximum absolute atomic E-state index is 2.36. The molecule has 0 saturated carbocycles. The van der Waals surface area contributed by atoms with Crippen LogP contribution >= 0.6 is 0 Å². The molecule has 2 aromatic rings. The highest BCUT2D eigenvalue weighted by atomic mass is 14.5. The molecule has 0 unspecified atom stereocenters. The van der Waals surface area contributed by atoms with Gasteiger partial charge in [-0.15, -0.1) is 0 Å². The van der Waals surface area contributed by atoms with E-state index in [1.54, 1.807) is 0 Å². The highest BCUT2D eigenvalue weighted by Gasteiger charge is 2.48. The Hall–Kier alpha value is -1.56. The van der Waals surface area contributed by atoms with Crippen molar-refractivity contribution in [1.82, 2.24) is 0 Å². The number of hydrogen-bond acceptors (Lipinski definition) is 0. The molecule has 0 aromatic heterocycles. The zero-order chi connectivity index (χ0) is 16.1. The minimum absolute atomic E-state index is 0.0910. The summed E-state index contributed by atoms with van der Waals surface area (Å²) in [5.74, 6) is 0. The molecule has 22 heavy (non-hydrogen) atoms. The largest absolute Gasteiger partial charge is 0.0648 e. The van der Waals surface area contributed by atoms with E-state index < -0.39 is 0 Å². The van der Waals surface area contributed by atoms with Gasteiger partial charge in [-0.3, -0.25) is 0 Å². The van der Waals surface area contributed by atoms with Crippen LogP contribution in [0.4, 0.5) is 0 Å². The molecular weight excluding hydrogens is 264 g/mol. The summed E-state index contributed by atoms with van der Waals surface area (Å²) in [5.41, 5.74) is 3.32. The van der Waals surface area contributed by atoms with Gasteiger partial charge in [-0.1, -0.05) is 88.4 Å². The summed E-state index contributed by atoms with van der Waals surface area (Å²) in [4.78, 5) is 0. The standard InChI is InChI=1S/C22H30/c1-5-21(6-2,7-3)22(8-4,19-15-11-9-12-16-19)20-17-13-10-14-18-20/h9-18H,5-8H2,1-4H3. The molecule has 0 heteroatoms. The summed E-state index contributed by atoms with van der Waals surface area (Å²) in [6.45, 7) is 9.45. The lowest BCUT2D eigenvalue weighted by Gasteiger charge is -2.51. The zero-order valence-electron chi connectivity index (χ0n) is 14.6. The average molecular weight is 294 g/mol. The Balaban J connectivity index is 2.78. The Morgan fingerprint density at radius 1 is 0.545 bits per heavy atom. The molecule has 0 aliphatic carbocycles. The molecule has 2 rings (SSSR count). The molecule has 2 aromatic carbocycles. The third-order valence-electron chi connectivity index (χ3n) is 6.00. The first kappa shape index (κ1) is 16.8. The lowest BCUT2D eigenvalue weighted by molar-refractivity contribution is 0.120. The van der Waals surface area contributed by atoms with Crippen molar-refractivity contribution in [2.75, 3.05) is 0 Å². The Kier molecular flexibility index (Phi) is 5.45. The second-order valence-corrected chi connectivity index (χ2v) is 6.33. The van der Waals surface area contributed by atoms with Gasteiger partial charge in [-0.2, -0.15) is 0 Å². The van der Waals surface area contributed by atoms with Crippen LogP contribution in [-0.4, -0.2) is 0 Å². The van der Waals surface area contributed by atoms with Crippen LogP contribution in [0.5, 0.6) is 0 Å². The van der Waals surface area contributed by atoms with Gasteiger partial charge in [-0.25, -0.2) is 0 Å². The first-order valence-electron chi connectivity index (χ1n) is 8.81. The van der Waals surface area contributed by atoms with Crippen LogP contribution in [0.1, 0.15) is 64.5 Å². The van der Waals surface area contributed by atoms with Crippen molar-refractivity contribution in [3.8, 4) is 0 Å². The first-order valence-corrected chi connectivity index (χ1v) is 8.81. The fraction of sp³-hybridized carbons (Fsp3) is 0.455. The van der Waals surface area contributed by atoms with Crippen molar-refractivity contribution >= 4 is 0 Å². The Bertz CT molecular complexity index is 501. The topological polar surface area (TPSA) is 0 Å². The summed E-state index contributed by atoms with van der Waals surface area (Å²) < 4.78 is 0. The SMILES string of the molecule is CCC(CC)(CC)C(CC)(c1ccccc1)c1ccccc1. The van der Waals surface area contributed by atoms with Gasteiger partial charge < -0.3 is 0 Å². The number of rotatable bonds is 7. The van der Waals surface area contributed by atoms with Crippen LogP contribution in [0.2, 0.25) is 0 Å². The molecule has 0 aliphatic rings. The number of benzene rings is 2. The van der Waals surface area contributed by atoms with Gasteiger partial charge in [0.1, 0.15) is 0 Å². The van der Waals surface area contributed by atoms with Crippen molar-refractivity contribution in [3.05, 3.63) is 71.8 Å². The Morgan fingerprint density at radius 2 is 0.909 bits per heavy atom. The van der Waals surface area contributed by atoms with Gasteiger partial charge in [0.25, 0.3) is 0 Å². The average Bonchev–Trinajstić information content (AvgIpc) is 2.61. The molecule has 0 heterocycles. The molecular formula is C22H30. The van der Waals surface area contributed by atoms with E-state index in [0.29, 0.717) is 5.41 Å². The summed E-state index contributed by atoms with van der Waals surface area (Å²) in [6.07, 6.45) is 4.75. The summed E-state index contributed by atoms with van der Waals surface area (Å²) in [5, 5.41) is 0. The van der Waals surface area contributed by atoms with E-state index in [0.717, 1.165) is 6.42 Å². The minimum atomic E-state index is 0.0910. The maximum Gasteiger partial charge on any atom is 0.0256 e. The highest BCUT2D eigenvalue weighted by molar-refractivity contribution is 5.42. The molecule has 0 fully saturated rings. The monoisotopic (exact) mass is 294 g/mol. The predicted octanol–water partition coefficient (Wildman–Crippen LogP) is 6.60. The predicted molar refractivity (Wildman–Crippen MR) is 97.3 cm³/mol. The molecule has 0 amide bonds. The Morgan fingerprint density at radius 3 is 1.18 bits per heavy atom. The van der Waals surface area contributed by atoms with Gasteiger partial charge in [0.15, 0.2) is 0 Å². The molecule has 0 N–H and O–H groups in total. The fourth-order valence-electron chi connectivity index (χ4n) is 4.66. The molecule has 0 spiro atoms. The van der Waals surface area contributed by atoms with Gasteiger partial charge in [0.05, 0.1) is 0 Å². The quantitative estimate of drug-likeness (QED) is 0.539. The summed E-state index contributed by atoms with van der Waals surface area (Å²) in [6, 6.07) is 22.3. The van der Waals surface area contributed by atoms with Crippen molar-refractivity contribution < 1.29 is 0 Å². The van der Waals surface area contributed by atoms with E-state index in [1.807, 2.05) is 0 Å². The van der Waals surface area contributed by atoms with Crippen LogP contribution in [0, 0.1) is 5.41 Å². The van der Waals surface area contributed by atoms with E-state index >= 15 is 0 Å². The lowest BCUT2D eigenvalue weighted by Crippen LogP contribution is -2.45. The Labute approximate surface area is 136 Å². The van der Waals surface area contributed by atoms with E-state index in [9.17, 15) is 0 Å². The van der Waals surface area contributed by atoms with Crippen LogP contribution in [0.3, 0.4) is 0 Å². The zero-order valence-corrected chi connectivity index (χ0v) is 14.6. The van der Waals surface area contributed by atoms with Crippen LogP contribution < -0.4 is 0 Å². The van der Waals surface area contributed by atoms with Gasteiger partial charge >= 0.3 is 0 Å². The van der Waals surface area contributed by atoms with Crippen molar-refractivity contribution in [1.29, 1.82) is 0 Å². The van der Waals surface area contributed by atoms with E-state index in [1.165, 1.54) is 30.4 Å². The van der Waals surface area contributed by atoms with E-state index in [2.05, 4.69) is 88.4 Å². The molecule has 0 nitrogen and oxygen atoms in total. The van der Waals surface area contributed by atoms with Gasteiger partial charge in [-0.05, 0) is 42.2 Å². The lowest BCUT2D eigenvalue weighted by atomic mass is 9.52. The fourth-order valence-corrected chi connectivity index (χ4v) is 4.66. The minimum Gasteiger partial charge on any atom is -0.0648 e. The smallest absolute Gasteiger partial charge is 0.0256 e. The van der Waals surface area contributed by atoms with Crippen LogP contribution in [0.25, 0.3) is 0 Å². The van der Waals surface area contributed by atoms with Gasteiger partial charge in [0.2, 0.25) is 0 Å². The maximum atomic E-state index is 2.36. The summed E-state index contributed by atoms with van der Waals surface area (Å²) >= 11 is 0. The van der Waals surface area contributed by atoms with Crippen molar-refractivity contribution in [2.24, 2.45) is 5.41 Å². The van der Waals surface area contributed by atoms with E-state index in [4.69, 9.17) is 0 Å². The molecule has 0 saturated heterocycles. The third-order valence-corrected chi connectivity index (χ3v) is 6.00. The second kappa shape index (κ2) is 7.13. The van der Waals surface area contributed by atoms with Crippen molar-refractivity contribution in [2.45, 2.75) is 58.8 Å². The molecule has 0 bridgehead atoms. The third kappa shape index (κ3) is 2.49. The normalized spacial score (nSPS) is 12.4. The molecule has 0 aliphatic heterocycles. The summed E-state index contributed by atoms with van der Waals surface area (Å²) in [7, 11) is 0. The highest BCUT2D eigenvalue weighted by Crippen LogP contribution is 2.55. The second-order valence-electron chi connectivity index (χ2n) is 6.33. The number of hydrogen-bond donors (Lipinski definition) is 0. The van der Waals surface area contributed by atoms with E-state index in [-0.39, 0.29) is 5.41 Å². The van der Waals surface area contributed by atoms with Crippen molar-refractivity contribution in [3.63, 3.8) is 0 Å². The molecule has 0 atom stereocenters. The molecule has 0 radical (unpaired) electrons. The van der Waals surface area contributed by atoms with Gasteiger partial charge in [0, 0.05) is 5.41 Å². The molecule has 118 valence electrons.